The molecule has 7 heteroatoms. The van der Waals surface area contributed by atoms with Gasteiger partial charge in [-0.2, -0.15) is 13.2 Å². The molecule has 0 fully saturated rings. The fourth-order valence-electron chi connectivity index (χ4n) is 1.04. The summed E-state index contributed by atoms with van der Waals surface area (Å²) in [5.74, 6) is 0.193. The van der Waals surface area contributed by atoms with Crippen molar-refractivity contribution in [1.29, 1.82) is 0 Å². The lowest BCUT2D eigenvalue weighted by atomic mass is 10.4. The molecular formula is C10H12F3NO3. The number of halogens is 3. The van der Waals surface area contributed by atoms with Crippen molar-refractivity contribution in [3.63, 3.8) is 0 Å². The SMILES string of the molecule is O=C(CCOCC(F)(F)F)NCc1ccco1. The maximum absolute atomic E-state index is 11.7. The Morgan fingerprint density at radius 1 is 1.47 bits per heavy atom. The summed E-state index contributed by atoms with van der Waals surface area (Å²) in [5.41, 5.74) is 0. The van der Waals surface area contributed by atoms with E-state index in [1.54, 1.807) is 12.1 Å². The topological polar surface area (TPSA) is 51.5 Å². The second-order valence-electron chi connectivity index (χ2n) is 3.27. The largest absolute Gasteiger partial charge is 0.467 e. The zero-order chi connectivity index (χ0) is 12.7. The van der Waals surface area contributed by atoms with Gasteiger partial charge in [-0.1, -0.05) is 0 Å². The molecule has 1 N–H and O–H groups in total. The van der Waals surface area contributed by atoms with Crippen LogP contribution in [0.3, 0.4) is 0 Å². The Hall–Kier alpha value is -1.50. The number of hydrogen-bond acceptors (Lipinski definition) is 3. The van der Waals surface area contributed by atoms with Crippen LogP contribution in [0.1, 0.15) is 12.2 Å². The molecule has 4 nitrogen and oxygen atoms in total. The molecule has 17 heavy (non-hydrogen) atoms. The van der Waals surface area contributed by atoms with Crippen molar-refractivity contribution < 1.29 is 27.1 Å². The molecule has 0 saturated carbocycles. The minimum atomic E-state index is -4.36. The molecule has 0 spiro atoms. The van der Waals surface area contributed by atoms with Crippen LogP contribution in [0.15, 0.2) is 22.8 Å². The molecule has 0 radical (unpaired) electrons. The molecule has 0 aromatic carbocycles. The third-order valence-corrected chi connectivity index (χ3v) is 1.78. The molecule has 1 rings (SSSR count). The summed E-state index contributed by atoms with van der Waals surface area (Å²) in [7, 11) is 0. The first-order chi connectivity index (χ1) is 7.97. The molecular weight excluding hydrogens is 239 g/mol. The first-order valence-corrected chi connectivity index (χ1v) is 4.91. The van der Waals surface area contributed by atoms with Gasteiger partial charge in [0.15, 0.2) is 0 Å². The highest BCUT2D eigenvalue weighted by Gasteiger charge is 2.27. The number of ether oxygens (including phenoxy) is 1. The molecule has 1 aromatic rings. The van der Waals surface area contributed by atoms with Gasteiger partial charge in [0.2, 0.25) is 5.91 Å². The van der Waals surface area contributed by atoms with Gasteiger partial charge >= 0.3 is 6.18 Å². The van der Waals surface area contributed by atoms with Crippen LogP contribution < -0.4 is 5.32 Å². The van der Waals surface area contributed by atoms with E-state index >= 15 is 0 Å². The summed E-state index contributed by atoms with van der Waals surface area (Å²) in [6.07, 6.45) is -3.00. The summed E-state index contributed by atoms with van der Waals surface area (Å²) in [5, 5.41) is 2.49. The van der Waals surface area contributed by atoms with E-state index in [2.05, 4.69) is 10.1 Å². The van der Waals surface area contributed by atoms with Crippen molar-refractivity contribution in [3.8, 4) is 0 Å². The third kappa shape index (κ3) is 6.62. The van der Waals surface area contributed by atoms with E-state index in [4.69, 9.17) is 4.42 Å². The van der Waals surface area contributed by atoms with Gasteiger partial charge < -0.3 is 14.5 Å². The smallest absolute Gasteiger partial charge is 0.411 e. The number of carbonyl (C=O) groups is 1. The van der Waals surface area contributed by atoms with Gasteiger partial charge in [-0.3, -0.25) is 4.79 Å². The van der Waals surface area contributed by atoms with E-state index in [0.29, 0.717) is 5.76 Å². The van der Waals surface area contributed by atoms with Gasteiger partial charge in [0.05, 0.1) is 19.4 Å². The monoisotopic (exact) mass is 251 g/mol. The van der Waals surface area contributed by atoms with Crippen molar-refractivity contribution >= 4 is 5.91 Å². The number of carbonyl (C=O) groups excluding carboxylic acids is 1. The van der Waals surface area contributed by atoms with Crippen LogP contribution in [0.25, 0.3) is 0 Å². The predicted octanol–water partition coefficient (Wildman–Crippen LogP) is 1.86. The molecule has 0 aliphatic heterocycles. The summed E-state index contributed by atoms with van der Waals surface area (Å²) in [4.78, 5) is 11.1. The summed E-state index contributed by atoms with van der Waals surface area (Å²) in [6, 6.07) is 3.36. The molecule has 1 amide bonds. The van der Waals surface area contributed by atoms with Crippen molar-refractivity contribution in [2.75, 3.05) is 13.2 Å². The van der Waals surface area contributed by atoms with Crippen molar-refractivity contribution in [3.05, 3.63) is 24.2 Å². The van der Waals surface area contributed by atoms with Gasteiger partial charge in [-0.25, -0.2) is 0 Å². The van der Waals surface area contributed by atoms with Crippen molar-refractivity contribution in [2.24, 2.45) is 0 Å². The number of hydrogen-bond donors (Lipinski definition) is 1. The van der Waals surface area contributed by atoms with Crippen LogP contribution in [0.2, 0.25) is 0 Å². The first-order valence-electron chi connectivity index (χ1n) is 4.91. The van der Waals surface area contributed by atoms with E-state index in [1.807, 2.05) is 0 Å². The maximum Gasteiger partial charge on any atom is 0.411 e. The molecule has 0 saturated heterocycles. The standard InChI is InChI=1S/C10H12F3NO3/c11-10(12,13)7-16-5-3-9(15)14-6-8-2-1-4-17-8/h1-2,4H,3,5-7H2,(H,14,15). The number of alkyl halides is 3. The minimum Gasteiger partial charge on any atom is -0.467 e. The van der Waals surface area contributed by atoms with Crippen LogP contribution >= 0.6 is 0 Å². The highest BCUT2D eigenvalue weighted by atomic mass is 19.4. The average Bonchev–Trinajstić information content (AvgIpc) is 2.73. The molecule has 0 unspecified atom stereocenters. The number of rotatable bonds is 6. The summed E-state index contributed by atoms with van der Waals surface area (Å²) in [6.45, 7) is -1.38. The lowest BCUT2D eigenvalue weighted by Crippen LogP contribution is -2.25. The first kappa shape index (κ1) is 13.6. The van der Waals surface area contributed by atoms with Crippen LogP contribution in [-0.2, 0) is 16.1 Å². The predicted molar refractivity (Wildman–Crippen MR) is 52.0 cm³/mol. The second kappa shape index (κ2) is 6.29. The van der Waals surface area contributed by atoms with E-state index in [9.17, 15) is 18.0 Å². The Morgan fingerprint density at radius 2 is 2.24 bits per heavy atom. The highest BCUT2D eigenvalue weighted by molar-refractivity contribution is 5.75. The van der Waals surface area contributed by atoms with Gasteiger partial charge in [-0.15, -0.1) is 0 Å². The van der Waals surface area contributed by atoms with Gasteiger partial charge in [0.1, 0.15) is 12.4 Å². The lowest BCUT2D eigenvalue weighted by molar-refractivity contribution is -0.174. The Balaban J connectivity index is 2.06. The Bertz CT molecular complexity index is 335. The Labute approximate surface area is 95.7 Å². The molecule has 96 valence electrons. The Kier molecular flexibility index (Phi) is 5.02. The van der Waals surface area contributed by atoms with E-state index in [-0.39, 0.29) is 25.5 Å². The highest BCUT2D eigenvalue weighted by Crippen LogP contribution is 2.14. The average molecular weight is 251 g/mol. The number of nitrogens with one attached hydrogen (secondary N) is 1. The fraction of sp³-hybridized carbons (Fsp3) is 0.500. The Morgan fingerprint density at radius 3 is 2.82 bits per heavy atom. The molecule has 0 atom stereocenters. The van der Waals surface area contributed by atoms with Crippen molar-refractivity contribution in [1.82, 2.24) is 5.32 Å². The normalized spacial score (nSPS) is 11.5. The molecule has 0 bridgehead atoms. The number of amides is 1. The van der Waals surface area contributed by atoms with E-state index < -0.39 is 12.8 Å². The van der Waals surface area contributed by atoms with Gasteiger partial charge in [0.25, 0.3) is 0 Å². The van der Waals surface area contributed by atoms with Crippen LogP contribution in [0.4, 0.5) is 13.2 Å². The third-order valence-electron chi connectivity index (χ3n) is 1.78. The molecule has 1 heterocycles. The molecule has 0 aliphatic rings. The molecule has 1 aromatic heterocycles. The second-order valence-corrected chi connectivity index (χ2v) is 3.27. The number of furan rings is 1. The quantitative estimate of drug-likeness (QED) is 0.785. The maximum atomic E-state index is 11.7. The van der Waals surface area contributed by atoms with E-state index in [0.717, 1.165) is 0 Å². The molecule has 0 aliphatic carbocycles. The summed E-state index contributed by atoms with van der Waals surface area (Å²) < 4.78 is 44.3. The van der Waals surface area contributed by atoms with Crippen LogP contribution in [-0.4, -0.2) is 25.3 Å². The zero-order valence-electron chi connectivity index (χ0n) is 8.92. The fourth-order valence-corrected chi connectivity index (χ4v) is 1.04. The van der Waals surface area contributed by atoms with Crippen molar-refractivity contribution in [2.45, 2.75) is 19.1 Å². The van der Waals surface area contributed by atoms with Gasteiger partial charge in [-0.05, 0) is 12.1 Å². The van der Waals surface area contributed by atoms with Crippen LogP contribution in [0.5, 0.6) is 0 Å². The lowest BCUT2D eigenvalue weighted by Gasteiger charge is -2.07. The summed E-state index contributed by atoms with van der Waals surface area (Å²) >= 11 is 0. The van der Waals surface area contributed by atoms with Crippen LogP contribution in [0, 0.1) is 0 Å². The van der Waals surface area contributed by atoms with Gasteiger partial charge in [0, 0.05) is 6.42 Å². The zero-order valence-corrected chi connectivity index (χ0v) is 8.92. The van der Waals surface area contributed by atoms with E-state index in [1.165, 1.54) is 6.26 Å². The minimum absolute atomic E-state index is 0.114.